The molecule has 0 amide bonds. The van der Waals surface area contributed by atoms with Gasteiger partial charge in [-0.15, -0.1) is 0 Å². The Morgan fingerprint density at radius 1 is 1.86 bits per heavy atom. The first-order valence-corrected chi connectivity index (χ1v) is 2.99. The quantitative estimate of drug-likeness (QED) is 0.545. The molecule has 0 fully saturated rings. The first-order valence-electron chi connectivity index (χ1n) is 2.17. The highest BCUT2D eigenvalue weighted by Crippen LogP contribution is 1.90. The van der Waals surface area contributed by atoms with Crippen molar-refractivity contribution in [3.05, 3.63) is 0 Å². The minimum Gasteiger partial charge on any atom is -0.286 e. The molecule has 0 saturated heterocycles. The molecule has 0 heterocycles. The molecule has 0 aromatic heterocycles. The van der Waals surface area contributed by atoms with E-state index in [4.69, 9.17) is 0 Å². The molecular weight excluding hydrogens is 110 g/mol. The molecule has 0 unspecified atom stereocenters. The summed E-state index contributed by atoms with van der Waals surface area (Å²) in [4.78, 5) is 10.1. The third-order valence-corrected chi connectivity index (χ3v) is 1.08. The van der Waals surface area contributed by atoms with E-state index >= 15 is 0 Å². The summed E-state index contributed by atoms with van der Waals surface area (Å²) >= 11 is 1.14. The Balaban J connectivity index is 2.82. The highest BCUT2D eigenvalue weighted by molar-refractivity contribution is 8.11. The molecule has 0 aromatic rings. The molecule has 0 aliphatic carbocycles. The van der Waals surface area contributed by atoms with Crippen LogP contribution in [0.5, 0.6) is 0 Å². The van der Waals surface area contributed by atoms with Gasteiger partial charge in [0.05, 0.1) is 0 Å². The largest absolute Gasteiger partial charge is 0.286 e. The van der Waals surface area contributed by atoms with Crippen molar-refractivity contribution >= 4 is 17.1 Å². The van der Waals surface area contributed by atoms with Crippen LogP contribution in [0.4, 0.5) is 0 Å². The number of hydrogen-bond donors (Lipinski definition) is 1. The molecule has 3 heteroatoms. The van der Waals surface area contributed by atoms with E-state index in [1.807, 2.05) is 6.92 Å². The van der Waals surface area contributed by atoms with Crippen LogP contribution in [0.15, 0.2) is 0 Å². The van der Waals surface area contributed by atoms with Crippen molar-refractivity contribution in [2.45, 2.75) is 13.8 Å². The van der Waals surface area contributed by atoms with Crippen molar-refractivity contribution in [1.82, 2.24) is 4.72 Å². The lowest BCUT2D eigenvalue weighted by atomic mass is 10.8. The maximum absolute atomic E-state index is 10.1. The van der Waals surface area contributed by atoms with E-state index in [0.717, 1.165) is 18.5 Å². The van der Waals surface area contributed by atoms with Crippen LogP contribution in [-0.2, 0) is 4.79 Å². The average Bonchev–Trinajstić information content (AvgIpc) is 1.61. The van der Waals surface area contributed by atoms with Gasteiger partial charge in [-0.1, -0.05) is 6.92 Å². The van der Waals surface area contributed by atoms with Crippen molar-refractivity contribution in [2.24, 2.45) is 0 Å². The minimum atomic E-state index is 0.113. The Labute approximate surface area is 47.8 Å². The van der Waals surface area contributed by atoms with Gasteiger partial charge >= 0.3 is 0 Å². The lowest BCUT2D eigenvalue weighted by molar-refractivity contribution is -0.109. The van der Waals surface area contributed by atoms with Crippen molar-refractivity contribution in [2.75, 3.05) is 6.54 Å². The first-order chi connectivity index (χ1) is 3.27. The summed E-state index contributed by atoms with van der Waals surface area (Å²) in [7, 11) is 0. The van der Waals surface area contributed by atoms with Crippen molar-refractivity contribution in [1.29, 1.82) is 0 Å². The lowest BCUT2D eigenvalue weighted by Gasteiger charge is -1.90. The fraction of sp³-hybridized carbons (Fsp3) is 0.750. The van der Waals surface area contributed by atoms with Gasteiger partial charge in [0.15, 0.2) is 0 Å². The molecule has 0 radical (unpaired) electrons. The van der Waals surface area contributed by atoms with Gasteiger partial charge in [0.25, 0.3) is 0 Å². The summed E-state index contributed by atoms with van der Waals surface area (Å²) in [6.45, 7) is 4.33. The first kappa shape index (κ1) is 6.98. The molecule has 0 atom stereocenters. The molecule has 2 nitrogen and oxygen atoms in total. The molecule has 7 heavy (non-hydrogen) atoms. The smallest absolute Gasteiger partial charge is 0.200 e. The summed E-state index contributed by atoms with van der Waals surface area (Å²) in [5.41, 5.74) is 0. The summed E-state index contributed by atoms with van der Waals surface area (Å²) < 4.78 is 2.81. The lowest BCUT2D eigenvalue weighted by Crippen LogP contribution is -2.03. The second-order valence-corrected chi connectivity index (χ2v) is 2.16. The number of rotatable bonds is 2. The van der Waals surface area contributed by atoms with Gasteiger partial charge in [0.2, 0.25) is 5.12 Å². The Bertz CT molecular complexity index is 64.7. The van der Waals surface area contributed by atoms with Gasteiger partial charge in [-0.05, 0) is 11.9 Å². The Kier molecular flexibility index (Phi) is 4.14. The molecular formula is C4H9NOS. The zero-order chi connectivity index (χ0) is 5.70. The van der Waals surface area contributed by atoms with Crippen molar-refractivity contribution < 1.29 is 4.79 Å². The summed E-state index contributed by atoms with van der Waals surface area (Å²) in [5, 5.41) is 0.113. The van der Waals surface area contributed by atoms with Crippen molar-refractivity contribution in [3.63, 3.8) is 0 Å². The fourth-order valence-corrected chi connectivity index (χ4v) is 0.521. The average molecular weight is 119 g/mol. The second-order valence-electron chi connectivity index (χ2n) is 1.09. The molecule has 0 bridgehead atoms. The third kappa shape index (κ3) is 5.98. The van der Waals surface area contributed by atoms with Crippen LogP contribution in [0, 0.1) is 0 Å². The predicted molar refractivity (Wildman–Crippen MR) is 31.9 cm³/mol. The second kappa shape index (κ2) is 4.15. The van der Waals surface area contributed by atoms with Crippen LogP contribution >= 0.6 is 11.9 Å². The molecule has 0 spiro atoms. The van der Waals surface area contributed by atoms with Gasteiger partial charge in [-0.2, -0.15) is 0 Å². The standard InChI is InChI=1S/C4H9NOS/c1-3-5-7-4(2)6/h5H,3H2,1-2H3. The zero-order valence-corrected chi connectivity index (χ0v) is 5.34. The topological polar surface area (TPSA) is 29.1 Å². The number of nitrogens with one attached hydrogen (secondary N) is 1. The van der Waals surface area contributed by atoms with E-state index in [2.05, 4.69) is 4.72 Å². The number of carbonyl (C=O) groups is 1. The molecule has 0 aliphatic rings. The van der Waals surface area contributed by atoms with E-state index in [-0.39, 0.29) is 5.12 Å². The SMILES string of the molecule is CCNSC(C)=O. The summed E-state index contributed by atoms with van der Waals surface area (Å²) in [5.74, 6) is 0. The van der Waals surface area contributed by atoms with Gasteiger partial charge < -0.3 is 0 Å². The van der Waals surface area contributed by atoms with E-state index in [0.29, 0.717) is 0 Å². The third-order valence-electron chi connectivity index (χ3n) is 0.360. The number of hydrogen-bond acceptors (Lipinski definition) is 3. The van der Waals surface area contributed by atoms with Crippen LogP contribution in [0.25, 0.3) is 0 Å². The minimum absolute atomic E-state index is 0.113. The van der Waals surface area contributed by atoms with Crippen molar-refractivity contribution in [3.8, 4) is 0 Å². The van der Waals surface area contributed by atoms with E-state index in [1.54, 1.807) is 0 Å². The Morgan fingerprint density at radius 2 is 2.43 bits per heavy atom. The maximum atomic E-state index is 10.1. The van der Waals surface area contributed by atoms with Gasteiger partial charge in [-0.25, -0.2) is 0 Å². The van der Waals surface area contributed by atoms with Gasteiger partial charge in [0, 0.05) is 13.5 Å². The van der Waals surface area contributed by atoms with Crippen LogP contribution in [0.1, 0.15) is 13.8 Å². The van der Waals surface area contributed by atoms with E-state index in [1.165, 1.54) is 6.92 Å². The molecule has 0 rings (SSSR count). The molecule has 1 N–H and O–H groups in total. The maximum Gasteiger partial charge on any atom is 0.200 e. The Hall–Kier alpha value is -0.0200. The molecule has 0 aliphatic heterocycles. The van der Waals surface area contributed by atoms with E-state index < -0.39 is 0 Å². The zero-order valence-electron chi connectivity index (χ0n) is 4.52. The number of carbonyl (C=O) groups excluding carboxylic acids is 1. The van der Waals surface area contributed by atoms with Gasteiger partial charge in [0.1, 0.15) is 0 Å². The van der Waals surface area contributed by atoms with Crippen LogP contribution < -0.4 is 4.72 Å². The van der Waals surface area contributed by atoms with Crippen LogP contribution in [-0.4, -0.2) is 11.7 Å². The predicted octanol–water partition coefficient (Wildman–Crippen LogP) is 0.791. The summed E-state index contributed by atoms with van der Waals surface area (Å²) in [6, 6.07) is 0. The summed E-state index contributed by atoms with van der Waals surface area (Å²) in [6.07, 6.45) is 0. The van der Waals surface area contributed by atoms with E-state index in [9.17, 15) is 4.79 Å². The van der Waals surface area contributed by atoms with Crippen LogP contribution in [0.3, 0.4) is 0 Å². The highest BCUT2D eigenvalue weighted by atomic mass is 32.2. The van der Waals surface area contributed by atoms with Crippen LogP contribution in [0.2, 0.25) is 0 Å². The monoisotopic (exact) mass is 119 g/mol. The molecule has 0 saturated carbocycles. The Morgan fingerprint density at radius 3 is 2.57 bits per heavy atom. The normalized spacial score (nSPS) is 8.86. The highest BCUT2D eigenvalue weighted by Gasteiger charge is 1.86. The van der Waals surface area contributed by atoms with Gasteiger partial charge in [-0.3, -0.25) is 9.52 Å². The molecule has 0 aromatic carbocycles. The molecule has 42 valence electrons. The fourth-order valence-electron chi connectivity index (χ4n) is 0.174.